The van der Waals surface area contributed by atoms with E-state index in [1.54, 1.807) is 0 Å². The summed E-state index contributed by atoms with van der Waals surface area (Å²) in [5, 5.41) is 0. The second kappa shape index (κ2) is 8.78. The van der Waals surface area contributed by atoms with Gasteiger partial charge in [-0.2, -0.15) is 0 Å². The molecule has 1 aromatic rings. The molecule has 25 heavy (non-hydrogen) atoms. The Balaban J connectivity index is 2.54. The lowest BCUT2D eigenvalue weighted by molar-refractivity contribution is 0.630. The number of nitrogens with zero attached hydrogens (tertiary/aromatic N) is 2. The third-order valence-electron chi connectivity index (χ3n) is 5.27. The predicted octanol–water partition coefficient (Wildman–Crippen LogP) is 6.92. The molecule has 0 heterocycles. The molecule has 1 aliphatic carbocycles. The zero-order chi connectivity index (χ0) is 18.6. The van der Waals surface area contributed by atoms with Crippen LogP contribution in [0, 0.1) is 11.8 Å². The average Bonchev–Trinajstić information content (AvgIpc) is 2.81. The molecule has 2 unspecified atom stereocenters. The Hall–Kier alpha value is -1.44. The van der Waals surface area contributed by atoms with Gasteiger partial charge in [0.2, 0.25) is 0 Å². The number of hydrogen-bond donors (Lipinski definition) is 0. The molecule has 2 rings (SSSR count). The fourth-order valence-electron chi connectivity index (χ4n) is 3.78. The summed E-state index contributed by atoms with van der Waals surface area (Å²) < 4.78 is 0. The molecule has 0 aromatic heterocycles. The topological polar surface area (TPSA) is 24.7 Å². The number of unbranched alkanes of at least 4 members (excludes halogenated alkanes) is 1. The van der Waals surface area contributed by atoms with E-state index in [-0.39, 0.29) is 0 Å². The van der Waals surface area contributed by atoms with Gasteiger partial charge in [0.25, 0.3) is 0 Å². The lowest BCUT2D eigenvalue weighted by atomic mass is 9.92. The van der Waals surface area contributed by atoms with E-state index >= 15 is 0 Å². The van der Waals surface area contributed by atoms with Gasteiger partial charge in [-0.05, 0) is 35.8 Å². The van der Waals surface area contributed by atoms with Gasteiger partial charge in [0.15, 0.2) is 0 Å². The van der Waals surface area contributed by atoms with E-state index < -0.39 is 0 Å². The van der Waals surface area contributed by atoms with Crippen molar-refractivity contribution >= 4 is 17.1 Å². The maximum atomic E-state index is 5.28. The van der Waals surface area contributed by atoms with Gasteiger partial charge in [-0.15, -0.1) is 0 Å². The number of para-hydroxylation sites is 1. The maximum Gasteiger partial charge on any atom is 0.0703 e. The lowest BCUT2D eigenvalue weighted by Crippen LogP contribution is -2.16. The van der Waals surface area contributed by atoms with Gasteiger partial charge in [0, 0.05) is 18.4 Å². The van der Waals surface area contributed by atoms with Gasteiger partial charge in [0.1, 0.15) is 0 Å². The van der Waals surface area contributed by atoms with Crippen molar-refractivity contribution in [2.45, 2.75) is 79.6 Å². The van der Waals surface area contributed by atoms with E-state index in [1.807, 2.05) is 0 Å². The van der Waals surface area contributed by atoms with Crippen molar-refractivity contribution in [3.63, 3.8) is 0 Å². The van der Waals surface area contributed by atoms with Crippen LogP contribution in [-0.4, -0.2) is 18.0 Å². The summed E-state index contributed by atoms with van der Waals surface area (Å²) in [6, 6.07) is 6.67. The first-order chi connectivity index (χ1) is 11.9. The van der Waals surface area contributed by atoms with Gasteiger partial charge in [-0.3, -0.25) is 9.98 Å². The standard InChI is InChI=1S/C23H36N2/c1-8-9-13-24-21-17(6)14-18(7)22(21)25-23-19(15(2)3)11-10-12-20(23)16(4)5/h10-12,15-18H,8-9,13-14H2,1-7H3. The minimum atomic E-state index is 0.479. The third kappa shape index (κ3) is 4.59. The molecule has 2 nitrogen and oxygen atoms in total. The first kappa shape index (κ1) is 19.9. The first-order valence-corrected chi connectivity index (χ1v) is 10.1. The second-order valence-corrected chi connectivity index (χ2v) is 8.25. The predicted molar refractivity (Wildman–Crippen MR) is 112 cm³/mol. The van der Waals surface area contributed by atoms with Crippen molar-refractivity contribution in [3.05, 3.63) is 29.3 Å². The van der Waals surface area contributed by atoms with Crippen LogP contribution in [0.1, 0.15) is 90.7 Å². The van der Waals surface area contributed by atoms with Gasteiger partial charge >= 0.3 is 0 Å². The SMILES string of the molecule is CCCCN=C1C(=Nc2c(C(C)C)cccc2C(C)C)C(C)CC1C. The van der Waals surface area contributed by atoms with Gasteiger partial charge < -0.3 is 0 Å². The minimum Gasteiger partial charge on any atom is -0.288 e. The summed E-state index contributed by atoms with van der Waals surface area (Å²) in [5.74, 6) is 1.98. The maximum absolute atomic E-state index is 5.28. The Bertz CT molecular complexity index is 611. The molecule has 2 heteroatoms. The number of benzene rings is 1. The third-order valence-corrected chi connectivity index (χ3v) is 5.27. The summed E-state index contributed by atoms with van der Waals surface area (Å²) >= 11 is 0. The summed E-state index contributed by atoms with van der Waals surface area (Å²) in [6.07, 6.45) is 3.53. The molecule has 138 valence electrons. The largest absolute Gasteiger partial charge is 0.288 e. The highest BCUT2D eigenvalue weighted by molar-refractivity contribution is 6.46. The van der Waals surface area contributed by atoms with Crippen molar-refractivity contribution in [2.24, 2.45) is 21.8 Å². The van der Waals surface area contributed by atoms with E-state index in [2.05, 4.69) is 66.7 Å². The Morgan fingerprint density at radius 3 is 2.04 bits per heavy atom. The Labute approximate surface area is 154 Å². The van der Waals surface area contributed by atoms with Crippen LogP contribution in [0.15, 0.2) is 28.2 Å². The summed E-state index contributed by atoms with van der Waals surface area (Å²) in [5.41, 5.74) is 6.41. The summed E-state index contributed by atoms with van der Waals surface area (Å²) in [6.45, 7) is 16.8. The van der Waals surface area contributed by atoms with Crippen LogP contribution >= 0.6 is 0 Å². The van der Waals surface area contributed by atoms with E-state index in [4.69, 9.17) is 9.98 Å². The van der Waals surface area contributed by atoms with E-state index in [1.165, 1.54) is 41.1 Å². The van der Waals surface area contributed by atoms with Crippen LogP contribution in [0.3, 0.4) is 0 Å². The second-order valence-electron chi connectivity index (χ2n) is 8.25. The van der Waals surface area contributed by atoms with Gasteiger partial charge in [-0.25, -0.2) is 0 Å². The van der Waals surface area contributed by atoms with Crippen molar-refractivity contribution in [1.29, 1.82) is 0 Å². The fourth-order valence-corrected chi connectivity index (χ4v) is 3.78. The minimum absolute atomic E-state index is 0.479. The smallest absolute Gasteiger partial charge is 0.0703 e. The van der Waals surface area contributed by atoms with E-state index in [0.29, 0.717) is 23.7 Å². The van der Waals surface area contributed by atoms with Gasteiger partial charge in [0.05, 0.1) is 17.1 Å². The normalized spacial score (nSPS) is 24.2. The average molecular weight is 341 g/mol. The highest BCUT2D eigenvalue weighted by Gasteiger charge is 2.32. The zero-order valence-corrected chi connectivity index (χ0v) is 17.3. The van der Waals surface area contributed by atoms with Crippen LogP contribution in [0.4, 0.5) is 5.69 Å². The highest BCUT2D eigenvalue weighted by Crippen LogP contribution is 2.37. The van der Waals surface area contributed by atoms with Crippen molar-refractivity contribution < 1.29 is 0 Å². The zero-order valence-electron chi connectivity index (χ0n) is 17.3. The van der Waals surface area contributed by atoms with Crippen LogP contribution in [0.25, 0.3) is 0 Å². The van der Waals surface area contributed by atoms with Crippen molar-refractivity contribution in [3.8, 4) is 0 Å². The molecule has 1 saturated carbocycles. The molecular weight excluding hydrogens is 304 g/mol. The molecule has 0 saturated heterocycles. The van der Waals surface area contributed by atoms with E-state index in [9.17, 15) is 0 Å². The number of rotatable bonds is 6. The van der Waals surface area contributed by atoms with Crippen molar-refractivity contribution in [1.82, 2.24) is 0 Å². The molecule has 1 fully saturated rings. The lowest BCUT2D eigenvalue weighted by Gasteiger charge is -2.18. The first-order valence-electron chi connectivity index (χ1n) is 10.1. The molecule has 1 aliphatic rings. The van der Waals surface area contributed by atoms with Crippen molar-refractivity contribution in [2.75, 3.05) is 6.54 Å². The van der Waals surface area contributed by atoms with Crippen LogP contribution < -0.4 is 0 Å². The van der Waals surface area contributed by atoms with Gasteiger partial charge in [-0.1, -0.05) is 73.1 Å². The molecule has 0 amide bonds. The summed E-state index contributed by atoms with van der Waals surface area (Å²) in [7, 11) is 0. The van der Waals surface area contributed by atoms with E-state index in [0.717, 1.165) is 13.0 Å². The molecule has 0 N–H and O–H groups in total. The van der Waals surface area contributed by atoms with Crippen LogP contribution in [-0.2, 0) is 0 Å². The molecule has 0 spiro atoms. The Morgan fingerprint density at radius 1 is 0.960 bits per heavy atom. The fraction of sp³-hybridized carbons (Fsp3) is 0.652. The molecule has 0 aliphatic heterocycles. The molecule has 1 aromatic carbocycles. The molecule has 2 atom stereocenters. The number of aliphatic imine (C=N–C) groups is 2. The quantitative estimate of drug-likeness (QED) is 0.502. The number of hydrogen-bond acceptors (Lipinski definition) is 2. The monoisotopic (exact) mass is 340 g/mol. The molecule has 0 bridgehead atoms. The van der Waals surface area contributed by atoms with Crippen LogP contribution in [0.5, 0.6) is 0 Å². The Kier molecular flexibility index (Phi) is 6.98. The highest BCUT2D eigenvalue weighted by atomic mass is 14.8. The van der Waals surface area contributed by atoms with Crippen LogP contribution in [0.2, 0.25) is 0 Å². The Morgan fingerprint density at radius 2 is 1.52 bits per heavy atom. The molecule has 0 radical (unpaired) electrons. The molecular formula is C23H36N2. The summed E-state index contributed by atoms with van der Waals surface area (Å²) in [4.78, 5) is 10.2.